The molecule has 75 valence electrons. The summed E-state index contributed by atoms with van der Waals surface area (Å²) < 4.78 is 2.04. The molecule has 0 aliphatic rings. The van der Waals surface area contributed by atoms with Crippen molar-refractivity contribution in [1.82, 2.24) is 4.98 Å². The van der Waals surface area contributed by atoms with Crippen molar-refractivity contribution in [2.24, 2.45) is 7.05 Å². The molecule has 0 saturated heterocycles. The number of nitrogens with zero attached hydrogens (tertiary/aromatic N) is 1. The molecule has 0 spiro atoms. The third-order valence-electron chi connectivity index (χ3n) is 2.08. The number of nitrogens with one attached hydrogen (secondary N) is 1. The average Bonchev–Trinajstić information content (AvgIpc) is 2.66. The predicted molar refractivity (Wildman–Crippen MR) is 56.9 cm³/mol. The maximum atomic E-state index is 3.21. The van der Waals surface area contributed by atoms with Gasteiger partial charge in [0.25, 0.3) is 0 Å². The van der Waals surface area contributed by atoms with Crippen molar-refractivity contribution in [3.05, 3.63) is 36.8 Å². The largest absolute Gasteiger partial charge is 0.464 e. The second kappa shape index (κ2) is 5.83. The van der Waals surface area contributed by atoms with E-state index in [1.54, 1.807) is 11.8 Å². The van der Waals surface area contributed by atoms with Crippen LogP contribution in [0.25, 0.3) is 11.3 Å². The first-order valence-corrected chi connectivity index (χ1v) is 5.55. The fourth-order valence-corrected chi connectivity index (χ4v) is 1.90. The number of hydrogen-bond acceptors (Lipinski definition) is 1. The van der Waals surface area contributed by atoms with E-state index in [2.05, 4.69) is 23.5 Å². The Balaban J connectivity index is 0.00000112. The summed E-state index contributed by atoms with van der Waals surface area (Å²) >= 11 is 1.71. The van der Waals surface area contributed by atoms with Crippen LogP contribution in [0.3, 0.4) is 0 Å². The molecule has 0 saturated carbocycles. The first kappa shape index (κ1) is 13.0. The molecule has 0 aliphatic carbocycles. The predicted octanol–water partition coefficient (Wildman–Crippen LogP) is 1.83. The molecule has 4 heteroatoms. The van der Waals surface area contributed by atoms with Gasteiger partial charge in [0.15, 0.2) is 0 Å². The Bertz CT molecular complexity index is 440. The van der Waals surface area contributed by atoms with Gasteiger partial charge in [0.1, 0.15) is 13.2 Å². The van der Waals surface area contributed by atoms with Gasteiger partial charge in [-0.1, -0.05) is 6.07 Å². The maximum Gasteiger partial charge on any atom is 0.126 e. The smallest absolute Gasteiger partial charge is 0.126 e. The normalized spacial score (nSPS) is 9.73. The number of thioether (sulfide) groups is 1. The van der Waals surface area contributed by atoms with Gasteiger partial charge in [-0.3, -0.25) is 4.57 Å². The van der Waals surface area contributed by atoms with Crippen LogP contribution in [0.4, 0.5) is 0 Å². The summed E-state index contributed by atoms with van der Waals surface area (Å²) in [6.45, 7) is 0. The van der Waals surface area contributed by atoms with E-state index in [0.29, 0.717) is 0 Å². The van der Waals surface area contributed by atoms with Gasteiger partial charge in [0.05, 0.1) is 0 Å². The Morgan fingerprint density at radius 3 is 2.93 bits per heavy atom. The minimum absolute atomic E-state index is 0. The minimum Gasteiger partial charge on any atom is -0.464 e. The van der Waals surface area contributed by atoms with Gasteiger partial charge in [-0.05, 0) is 6.26 Å². The molecule has 2 aromatic rings. The second-order valence-electron chi connectivity index (χ2n) is 2.97. The van der Waals surface area contributed by atoms with Crippen LogP contribution in [-0.2, 0) is 39.8 Å². The van der Waals surface area contributed by atoms with Crippen LogP contribution in [0.5, 0.6) is 0 Å². The number of hydrogen-bond donors (Lipinski definition) is 1. The van der Waals surface area contributed by atoms with Crippen LogP contribution in [0.1, 0.15) is 0 Å². The van der Waals surface area contributed by atoms with Crippen LogP contribution >= 0.6 is 11.8 Å². The molecular formula is C11H11N2SY-. The molecule has 1 radical (unpaired) electrons. The second-order valence-corrected chi connectivity index (χ2v) is 3.82. The molecule has 2 heterocycles. The molecular weight excluding hydrogens is 281 g/mol. The van der Waals surface area contributed by atoms with Crippen LogP contribution < -0.4 is 4.57 Å². The monoisotopic (exact) mass is 292 g/mol. The zero-order chi connectivity index (χ0) is 9.97. The molecule has 2 nitrogen and oxygen atoms in total. The molecule has 0 fully saturated rings. The van der Waals surface area contributed by atoms with Crippen molar-refractivity contribution in [2.45, 2.75) is 4.90 Å². The molecule has 0 aliphatic heterocycles. The fraction of sp³-hybridized carbons (Fsp3) is 0.182. The van der Waals surface area contributed by atoms with Crippen molar-refractivity contribution < 1.29 is 37.3 Å². The van der Waals surface area contributed by atoms with E-state index in [1.165, 1.54) is 4.90 Å². The number of aryl methyl sites for hydroxylation is 1. The van der Waals surface area contributed by atoms with Crippen molar-refractivity contribution >= 4 is 11.8 Å². The van der Waals surface area contributed by atoms with Crippen LogP contribution in [0, 0.1) is 12.3 Å². The van der Waals surface area contributed by atoms with Gasteiger partial charge in [-0.25, -0.2) is 11.8 Å². The summed E-state index contributed by atoms with van der Waals surface area (Å²) in [7, 11) is 2.01. The third kappa shape index (κ3) is 2.71. The quantitative estimate of drug-likeness (QED) is 0.508. The fourth-order valence-electron chi connectivity index (χ4n) is 1.37. The van der Waals surface area contributed by atoms with Gasteiger partial charge in [-0.2, -0.15) is 17.7 Å². The van der Waals surface area contributed by atoms with E-state index in [9.17, 15) is 0 Å². The van der Waals surface area contributed by atoms with Crippen molar-refractivity contribution in [1.29, 1.82) is 0 Å². The van der Waals surface area contributed by atoms with E-state index < -0.39 is 0 Å². The SMILES string of the molecule is CSc1c[nH][c-]c1-c1[c-]ccc[n+]1C.[Y]. The zero-order valence-electron chi connectivity index (χ0n) is 8.74. The van der Waals surface area contributed by atoms with Crippen molar-refractivity contribution in [2.75, 3.05) is 6.26 Å². The zero-order valence-corrected chi connectivity index (χ0v) is 12.4. The molecule has 1 N–H and O–H groups in total. The van der Waals surface area contributed by atoms with E-state index in [4.69, 9.17) is 0 Å². The third-order valence-corrected chi connectivity index (χ3v) is 2.84. The summed E-state index contributed by atoms with van der Waals surface area (Å²) in [5.74, 6) is 0. The maximum absolute atomic E-state index is 3.21. The first-order valence-electron chi connectivity index (χ1n) is 4.32. The molecule has 2 rings (SSSR count). The standard InChI is InChI=1S/C11H10N2S.Y/c1-13-6-4-3-5-10(13)9-7-12-8-11(9)14-2;/h3-4,6,8H,1-2H3;/q-2;/p+1. The van der Waals surface area contributed by atoms with Gasteiger partial charge in [0, 0.05) is 38.4 Å². The van der Waals surface area contributed by atoms with E-state index in [0.717, 1.165) is 11.3 Å². The molecule has 0 unspecified atom stereocenters. The van der Waals surface area contributed by atoms with Gasteiger partial charge < -0.3 is 4.98 Å². The summed E-state index contributed by atoms with van der Waals surface area (Å²) in [5, 5.41) is 0. The summed E-state index contributed by atoms with van der Waals surface area (Å²) in [5.41, 5.74) is 2.14. The number of aromatic amines is 1. The van der Waals surface area contributed by atoms with Crippen molar-refractivity contribution in [3.8, 4) is 11.3 Å². The summed E-state index contributed by atoms with van der Waals surface area (Å²) in [6.07, 6.45) is 9.14. The Morgan fingerprint density at radius 1 is 1.47 bits per heavy atom. The van der Waals surface area contributed by atoms with Crippen LogP contribution in [0.15, 0.2) is 29.4 Å². The van der Waals surface area contributed by atoms with E-state index in [-0.39, 0.29) is 32.7 Å². The van der Waals surface area contributed by atoms with Crippen LogP contribution in [-0.4, -0.2) is 11.2 Å². The molecule has 0 aromatic carbocycles. The Kier molecular flexibility index (Phi) is 5.03. The number of rotatable bonds is 2. The van der Waals surface area contributed by atoms with Gasteiger partial charge in [-0.15, -0.1) is 17.3 Å². The topological polar surface area (TPSA) is 19.7 Å². The summed E-state index contributed by atoms with van der Waals surface area (Å²) in [4.78, 5) is 4.19. The number of aromatic nitrogens is 2. The molecule has 0 bridgehead atoms. The van der Waals surface area contributed by atoms with Crippen LogP contribution in [0.2, 0.25) is 0 Å². The Morgan fingerprint density at radius 2 is 2.27 bits per heavy atom. The van der Waals surface area contributed by atoms with Gasteiger partial charge >= 0.3 is 0 Å². The van der Waals surface area contributed by atoms with Crippen molar-refractivity contribution in [3.63, 3.8) is 0 Å². The van der Waals surface area contributed by atoms with Gasteiger partial charge in [0.2, 0.25) is 0 Å². The van der Waals surface area contributed by atoms with E-state index >= 15 is 0 Å². The first-order chi connectivity index (χ1) is 6.83. The molecule has 0 atom stereocenters. The van der Waals surface area contributed by atoms with E-state index in [1.807, 2.05) is 36.1 Å². The molecule has 2 aromatic heterocycles. The molecule has 15 heavy (non-hydrogen) atoms. The Labute approximate surface area is 119 Å². The minimum atomic E-state index is 0. The Hall–Kier alpha value is -0.116. The molecule has 0 amide bonds. The number of H-pyrrole nitrogens is 1. The number of pyridine rings is 1. The average molecular weight is 292 g/mol. The summed E-state index contributed by atoms with van der Waals surface area (Å²) in [6, 6.07) is 7.10.